The van der Waals surface area contributed by atoms with Gasteiger partial charge < -0.3 is 9.88 Å². The quantitative estimate of drug-likeness (QED) is 0.780. The lowest BCUT2D eigenvalue weighted by atomic mass is 10.1. The zero-order valence-electron chi connectivity index (χ0n) is 9.62. The van der Waals surface area contributed by atoms with Gasteiger partial charge in [-0.05, 0) is 33.7 Å². The van der Waals surface area contributed by atoms with Crippen molar-refractivity contribution in [1.82, 2.24) is 14.9 Å². The topological polar surface area (TPSA) is 29.9 Å². The number of aryl methyl sites for hydroxylation is 1. The molecule has 0 saturated carbocycles. The molecular weight excluding hydrogens is 174 g/mol. The van der Waals surface area contributed by atoms with Gasteiger partial charge in [0, 0.05) is 24.5 Å². The summed E-state index contributed by atoms with van der Waals surface area (Å²) in [6.45, 7) is 9.76. The Kier molecular flexibility index (Phi) is 4.14. The van der Waals surface area contributed by atoms with Crippen molar-refractivity contribution in [3.05, 3.63) is 18.2 Å². The van der Waals surface area contributed by atoms with E-state index in [0.717, 1.165) is 12.4 Å². The average Bonchev–Trinajstić information content (AvgIpc) is 2.59. The van der Waals surface area contributed by atoms with Crippen LogP contribution in [0.3, 0.4) is 0 Å². The fourth-order valence-electron chi connectivity index (χ4n) is 1.60. The number of aromatic nitrogens is 2. The monoisotopic (exact) mass is 195 g/mol. The van der Waals surface area contributed by atoms with Crippen LogP contribution in [0.1, 0.15) is 39.1 Å². The molecule has 0 aliphatic heterocycles. The second kappa shape index (κ2) is 5.15. The Morgan fingerprint density at radius 2 is 2.21 bits per heavy atom. The van der Waals surface area contributed by atoms with Gasteiger partial charge in [-0.1, -0.05) is 6.92 Å². The third kappa shape index (κ3) is 2.58. The molecule has 3 nitrogen and oxygen atoms in total. The molecule has 3 heteroatoms. The van der Waals surface area contributed by atoms with Gasteiger partial charge in [-0.3, -0.25) is 0 Å². The summed E-state index contributed by atoms with van der Waals surface area (Å²) >= 11 is 0. The summed E-state index contributed by atoms with van der Waals surface area (Å²) in [5, 5.41) is 3.50. The van der Waals surface area contributed by atoms with Crippen LogP contribution < -0.4 is 5.32 Å². The molecule has 0 saturated heterocycles. The normalized spacial score (nSPS) is 15.4. The first-order chi connectivity index (χ1) is 6.66. The third-order valence-electron chi connectivity index (χ3n) is 2.74. The molecule has 80 valence electrons. The maximum absolute atomic E-state index is 4.24. The Balaban J connectivity index is 2.56. The lowest BCUT2D eigenvalue weighted by molar-refractivity contribution is 0.387. The van der Waals surface area contributed by atoms with Crippen molar-refractivity contribution in [2.75, 3.05) is 6.54 Å². The lowest BCUT2D eigenvalue weighted by Crippen LogP contribution is -2.34. The highest BCUT2D eigenvalue weighted by molar-refractivity contribution is 4.93. The molecule has 0 aromatic carbocycles. The first kappa shape index (κ1) is 11.2. The van der Waals surface area contributed by atoms with Crippen molar-refractivity contribution in [2.24, 2.45) is 0 Å². The molecule has 2 atom stereocenters. The van der Waals surface area contributed by atoms with Gasteiger partial charge in [0.25, 0.3) is 0 Å². The van der Waals surface area contributed by atoms with E-state index in [4.69, 9.17) is 0 Å². The Labute approximate surface area is 86.5 Å². The van der Waals surface area contributed by atoms with Crippen molar-refractivity contribution in [1.29, 1.82) is 0 Å². The molecule has 0 bridgehead atoms. The molecule has 0 aliphatic carbocycles. The van der Waals surface area contributed by atoms with Gasteiger partial charge in [-0.15, -0.1) is 0 Å². The molecule has 2 unspecified atom stereocenters. The summed E-state index contributed by atoms with van der Waals surface area (Å²) in [6, 6.07) is 0.951. The van der Waals surface area contributed by atoms with Crippen molar-refractivity contribution in [2.45, 2.75) is 46.2 Å². The van der Waals surface area contributed by atoms with Gasteiger partial charge in [-0.2, -0.15) is 0 Å². The smallest absolute Gasteiger partial charge is 0.105 e. The fraction of sp³-hybridized carbons (Fsp3) is 0.727. The number of rotatable bonds is 5. The Morgan fingerprint density at radius 3 is 2.71 bits per heavy atom. The number of imidazole rings is 1. The van der Waals surface area contributed by atoms with Crippen LogP contribution >= 0.6 is 0 Å². The Bertz CT molecular complexity index is 267. The van der Waals surface area contributed by atoms with Crippen molar-refractivity contribution in [3.63, 3.8) is 0 Å². The van der Waals surface area contributed by atoms with E-state index in [-0.39, 0.29) is 0 Å². The molecule has 1 heterocycles. The zero-order chi connectivity index (χ0) is 10.6. The molecule has 0 fully saturated rings. The standard InChI is InChI=1S/C11H21N3/c1-5-6-12-9(2)10(3)14-8-7-13-11(14)4/h7-10,12H,5-6H2,1-4H3. The van der Waals surface area contributed by atoms with E-state index >= 15 is 0 Å². The van der Waals surface area contributed by atoms with Crippen LogP contribution in [-0.2, 0) is 0 Å². The van der Waals surface area contributed by atoms with Crippen LogP contribution in [0.5, 0.6) is 0 Å². The predicted octanol–water partition coefficient (Wildman–Crippen LogP) is 2.14. The number of hydrogen-bond donors (Lipinski definition) is 1. The van der Waals surface area contributed by atoms with E-state index in [1.165, 1.54) is 6.42 Å². The minimum absolute atomic E-state index is 0.462. The molecule has 1 N–H and O–H groups in total. The summed E-state index contributed by atoms with van der Waals surface area (Å²) in [4.78, 5) is 4.24. The number of hydrogen-bond acceptors (Lipinski definition) is 2. The van der Waals surface area contributed by atoms with E-state index in [1.807, 2.05) is 19.3 Å². The highest BCUT2D eigenvalue weighted by atomic mass is 15.1. The van der Waals surface area contributed by atoms with Gasteiger partial charge in [0.1, 0.15) is 5.82 Å². The summed E-state index contributed by atoms with van der Waals surface area (Å²) in [6.07, 6.45) is 5.09. The van der Waals surface area contributed by atoms with E-state index in [2.05, 4.69) is 35.6 Å². The zero-order valence-corrected chi connectivity index (χ0v) is 9.62. The highest BCUT2D eigenvalue weighted by Gasteiger charge is 2.13. The lowest BCUT2D eigenvalue weighted by Gasteiger charge is -2.23. The van der Waals surface area contributed by atoms with Crippen LogP contribution in [0.15, 0.2) is 12.4 Å². The molecule has 1 aromatic heterocycles. The molecule has 1 rings (SSSR count). The second-order valence-corrected chi connectivity index (χ2v) is 3.87. The van der Waals surface area contributed by atoms with Gasteiger partial charge in [0.2, 0.25) is 0 Å². The molecule has 14 heavy (non-hydrogen) atoms. The maximum atomic E-state index is 4.24. The number of nitrogens with zero attached hydrogens (tertiary/aromatic N) is 2. The van der Waals surface area contributed by atoms with Gasteiger partial charge in [-0.25, -0.2) is 4.98 Å². The van der Waals surface area contributed by atoms with Gasteiger partial charge in [0.15, 0.2) is 0 Å². The summed E-state index contributed by atoms with van der Waals surface area (Å²) < 4.78 is 2.22. The first-order valence-corrected chi connectivity index (χ1v) is 5.39. The van der Waals surface area contributed by atoms with Crippen molar-refractivity contribution < 1.29 is 0 Å². The molecular formula is C11H21N3. The van der Waals surface area contributed by atoms with Crippen LogP contribution in [0, 0.1) is 6.92 Å². The number of nitrogens with one attached hydrogen (secondary N) is 1. The third-order valence-corrected chi connectivity index (χ3v) is 2.74. The minimum Gasteiger partial charge on any atom is -0.331 e. The van der Waals surface area contributed by atoms with Crippen molar-refractivity contribution >= 4 is 0 Å². The van der Waals surface area contributed by atoms with Crippen LogP contribution in [0.25, 0.3) is 0 Å². The molecule has 0 amide bonds. The summed E-state index contributed by atoms with van der Waals surface area (Å²) in [5.74, 6) is 1.09. The van der Waals surface area contributed by atoms with Crippen LogP contribution in [-0.4, -0.2) is 22.1 Å². The van der Waals surface area contributed by atoms with Gasteiger partial charge in [0.05, 0.1) is 0 Å². The Morgan fingerprint density at radius 1 is 1.50 bits per heavy atom. The highest BCUT2D eigenvalue weighted by Crippen LogP contribution is 2.12. The first-order valence-electron chi connectivity index (χ1n) is 5.39. The van der Waals surface area contributed by atoms with E-state index < -0.39 is 0 Å². The molecule has 1 aromatic rings. The van der Waals surface area contributed by atoms with Crippen LogP contribution in [0.4, 0.5) is 0 Å². The average molecular weight is 195 g/mol. The second-order valence-electron chi connectivity index (χ2n) is 3.87. The summed E-state index contributed by atoms with van der Waals surface area (Å²) in [5.41, 5.74) is 0. The Hall–Kier alpha value is -0.830. The minimum atomic E-state index is 0.462. The molecule has 0 radical (unpaired) electrons. The fourth-order valence-corrected chi connectivity index (χ4v) is 1.60. The van der Waals surface area contributed by atoms with E-state index in [9.17, 15) is 0 Å². The summed E-state index contributed by atoms with van der Waals surface area (Å²) in [7, 11) is 0. The molecule has 0 spiro atoms. The van der Waals surface area contributed by atoms with E-state index in [0.29, 0.717) is 12.1 Å². The van der Waals surface area contributed by atoms with Crippen LogP contribution in [0.2, 0.25) is 0 Å². The van der Waals surface area contributed by atoms with Crippen molar-refractivity contribution in [3.8, 4) is 0 Å². The largest absolute Gasteiger partial charge is 0.331 e. The predicted molar refractivity (Wildman–Crippen MR) is 59.4 cm³/mol. The molecule has 0 aliphatic rings. The SMILES string of the molecule is CCCNC(C)C(C)n1ccnc1C. The maximum Gasteiger partial charge on any atom is 0.105 e. The van der Waals surface area contributed by atoms with Gasteiger partial charge >= 0.3 is 0 Å². The van der Waals surface area contributed by atoms with E-state index in [1.54, 1.807) is 0 Å².